The third kappa shape index (κ3) is 2.32. The van der Waals surface area contributed by atoms with Gasteiger partial charge in [-0.1, -0.05) is 29.8 Å². The molecular formula is C13H18ClN3. The smallest absolute Gasteiger partial charge is 0.104 e. The molecule has 0 radical (unpaired) electrons. The summed E-state index contributed by atoms with van der Waals surface area (Å²) in [4.78, 5) is 0. The molecule has 3 N–H and O–H groups in total. The predicted octanol–water partition coefficient (Wildman–Crippen LogP) is 2.58. The van der Waals surface area contributed by atoms with Gasteiger partial charge in [-0.05, 0) is 26.8 Å². The fourth-order valence-corrected chi connectivity index (χ4v) is 2.23. The number of halogens is 1. The molecule has 1 aromatic rings. The van der Waals surface area contributed by atoms with E-state index in [9.17, 15) is 0 Å². The van der Waals surface area contributed by atoms with Crippen molar-refractivity contribution in [1.82, 2.24) is 10.4 Å². The van der Waals surface area contributed by atoms with Gasteiger partial charge in [0.1, 0.15) is 6.17 Å². The average Bonchev–Trinajstić information content (AvgIpc) is 2.60. The van der Waals surface area contributed by atoms with Gasteiger partial charge in [-0.25, -0.2) is 0 Å². The number of nitrogens with zero attached hydrogens (tertiary/aromatic N) is 1. The molecule has 1 aromatic carbocycles. The standard InChI is InChI=1S/C13H18ClN3/c1-13(2,3)17-12(15)10(8-16-17)9-6-4-5-7-11(9)14/h4-8,12,16H,15H2,1-3H3. The lowest BCUT2D eigenvalue weighted by atomic mass is 10.0. The molecule has 0 amide bonds. The molecule has 0 saturated heterocycles. The first-order chi connectivity index (χ1) is 7.91. The summed E-state index contributed by atoms with van der Waals surface area (Å²) in [5, 5.41) is 2.75. The van der Waals surface area contributed by atoms with Gasteiger partial charge in [0.15, 0.2) is 0 Å². The zero-order valence-corrected chi connectivity index (χ0v) is 11.1. The van der Waals surface area contributed by atoms with E-state index in [0.717, 1.165) is 16.2 Å². The lowest BCUT2D eigenvalue weighted by molar-refractivity contribution is 0.0831. The second kappa shape index (κ2) is 4.33. The fraction of sp³-hybridized carbons (Fsp3) is 0.385. The van der Waals surface area contributed by atoms with Crippen LogP contribution < -0.4 is 11.2 Å². The van der Waals surface area contributed by atoms with Crippen LogP contribution in [-0.2, 0) is 0 Å². The Kier molecular flexibility index (Phi) is 3.17. The Morgan fingerprint density at radius 2 is 1.94 bits per heavy atom. The summed E-state index contributed by atoms with van der Waals surface area (Å²) in [6, 6.07) is 7.75. The Morgan fingerprint density at radius 3 is 2.47 bits per heavy atom. The highest BCUT2D eigenvalue weighted by atomic mass is 35.5. The van der Waals surface area contributed by atoms with Gasteiger partial charge in [0.05, 0.1) is 0 Å². The van der Waals surface area contributed by atoms with Gasteiger partial charge in [0.2, 0.25) is 0 Å². The molecule has 92 valence electrons. The summed E-state index contributed by atoms with van der Waals surface area (Å²) in [6.07, 6.45) is 1.74. The molecule has 2 rings (SSSR count). The zero-order chi connectivity index (χ0) is 12.6. The number of benzene rings is 1. The normalized spacial score (nSPS) is 21.2. The third-order valence-corrected chi connectivity index (χ3v) is 3.19. The molecule has 0 aromatic heterocycles. The highest BCUT2D eigenvalue weighted by Gasteiger charge is 2.33. The van der Waals surface area contributed by atoms with Crippen molar-refractivity contribution in [2.24, 2.45) is 5.73 Å². The van der Waals surface area contributed by atoms with Crippen molar-refractivity contribution in [3.05, 3.63) is 41.1 Å². The molecule has 0 aliphatic carbocycles. The topological polar surface area (TPSA) is 41.3 Å². The third-order valence-electron chi connectivity index (χ3n) is 2.86. The number of nitrogens with two attached hydrogens (primary N) is 1. The number of hydrogen-bond acceptors (Lipinski definition) is 3. The maximum Gasteiger partial charge on any atom is 0.104 e. The van der Waals surface area contributed by atoms with Crippen LogP contribution in [0.3, 0.4) is 0 Å². The maximum atomic E-state index is 6.25. The van der Waals surface area contributed by atoms with E-state index in [4.69, 9.17) is 17.3 Å². The summed E-state index contributed by atoms with van der Waals surface area (Å²) in [6.45, 7) is 6.34. The average molecular weight is 252 g/mol. The van der Waals surface area contributed by atoms with Crippen LogP contribution in [0.4, 0.5) is 0 Å². The highest BCUT2D eigenvalue weighted by molar-refractivity contribution is 6.32. The predicted molar refractivity (Wildman–Crippen MR) is 72.1 cm³/mol. The van der Waals surface area contributed by atoms with Crippen LogP contribution in [0.5, 0.6) is 0 Å². The van der Waals surface area contributed by atoms with Crippen LogP contribution in [0.1, 0.15) is 26.3 Å². The van der Waals surface area contributed by atoms with Crippen molar-refractivity contribution in [3.8, 4) is 0 Å². The zero-order valence-electron chi connectivity index (χ0n) is 10.4. The van der Waals surface area contributed by atoms with Crippen molar-refractivity contribution in [2.75, 3.05) is 0 Å². The molecule has 17 heavy (non-hydrogen) atoms. The van der Waals surface area contributed by atoms with Crippen LogP contribution in [0.15, 0.2) is 30.5 Å². The molecule has 1 unspecified atom stereocenters. The second-order valence-electron chi connectivity index (χ2n) is 5.19. The Labute approximate surface area is 107 Å². The van der Waals surface area contributed by atoms with E-state index in [1.54, 1.807) is 0 Å². The summed E-state index contributed by atoms with van der Waals surface area (Å²) in [7, 11) is 0. The van der Waals surface area contributed by atoms with E-state index in [1.165, 1.54) is 0 Å². The molecule has 1 aliphatic heterocycles. The van der Waals surface area contributed by atoms with Crippen LogP contribution in [0, 0.1) is 0 Å². The van der Waals surface area contributed by atoms with Crippen molar-refractivity contribution >= 4 is 17.2 Å². The lowest BCUT2D eigenvalue weighted by Gasteiger charge is -2.35. The molecule has 4 heteroatoms. The van der Waals surface area contributed by atoms with E-state index < -0.39 is 0 Å². The monoisotopic (exact) mass is 251 g/mol. The van der Waals surface area contributed by atoms with Crippen LogP contribution in [-0.4, -0.2) is 16.7 Å². The molecule has 0 bridgehead atoms. The molecule has 1 aliphatic rings. The van der Waals surface area contributed by atoms with Crippen LogP contribution in [0.2, 0.25) is 5.02 Å². The van der Waals surface area contributed by atoms with Gasteiger partial charge >= 0.3 is 0 Å². The van der Waals surface area contributed by atoms with Crippen molar-refractivity contribution < 1.29 is 0 Å². The Balaban J connectivity index is 2.30. The number of rotatable bonds is 1. The van der Waals surface area contributed by atoms with Crippen LogP contribution in [0.25, 0.3) is 5.57 Å². The highest BCUT2D eigenvalue weighted by Crippen LogP contribution is 2.31. The van der Waals surface area contributed by atoms with Gasteiger partial charge in [0, 0.05) is 27.9 Å². The summed E-state index contributed by atoms with van der Waals surface area (Å²) in [5.41, 5.74) is 11.4. The largest absolute Gasteiger partial charge is 0.323 e. The van der Waals surface area contributed by atoms with Crippen molar-refractivity contribution in [1.29, 1.82) is 0 Å². The minimum absolute atomic E-state index is 0.0427. The molecule has 0 spiro atoms. The molecule has 3 nitrogen and oxygen atoms in total. The van der Waals surface area contributed by atoms with Gasteiger partial charge in [-0.3, -0.25) is 0 Å². The first-order valence-corrected chi connectivity index (χ1v) is 6.05. The van der Waals surface area contributed by atoms with E-state index >= 15 is 0 Å². The van der Waals surface area contributed by atoms with Gasteiger partial charge in [-0.2, -0.15) is 5.01 Å². The van der Waals surface area contributed by atoms with E-state index in [-0.39, 0.29) is 11.7 Å². The number of nitrogens with one attached hydrogen (secondary N) is 1. The van der Waals surface area contributed by atoms with E-state index in [2.05, 4.69) is 26.2 Å². The Hall–Kier alpha value is -1.03. The maximum absolute atomic E-state index is 6.25. The number of hydrazine groups is 1. The second-order valence-corrected chi connectivity index (χ2v) is 5.60. The molecular weight excluding hydrogens is 234 g/mol. The summed E-state index contributed by atoms with van der Waals surface area (Å²) in [5.74, 6) is 0. The molecule has 0 fully saturated rings. The fourth-order valence-electron chi connectivity index (χ4n) is 1.99. The lowest BCUT2D eigenvalue weighted by Crippen LogP contribution is -2.54. The summed E-state index contributed by atoms with van der Waals surface area (Å²) < 4.78 is 0. The SMILES string of the molecule is CC(C)(C)N1NC=C(c2ccccc2Cl)C1N. The molecule has 0 saturated carbocycles. The molecule has 1 heterocycles. The summed E-state index contributed by atoms with van der Waals surface area (Å²) >= 11 is 6.19. The Bertz CT molecular complexity index is 448. The Morgan fingerprint density at radius 1 is 1.29 bits per heavy atom. The first kappa shape index (κ1) is 12.4. The van der Waals surface area contributed by atoms with E-state index in [1.807, 2.05) is 35.5 Å². The minimum Gasteiger partial charge on any atom is -0.323 e. The van der Waals surface area contributed by atoms with Crippen molar-refractivity contribution in [2.45, 2.75) is 32.5 Å². The first-order valence-electron chi connectivity index (χ1n) is 5.67. The van der Waals surface area contributed by atoms with Crippen LogP contribution >= 0.6 is 11.6 Å². The van der Waals surface area contributed by atoms with Gasteiger partial charge < -0.3 is 11.2 Å². The molecule has 1 atom stereocenters. The van der Waals surface area contributed by atoms with Gasteiger partial charge in [0.25, 0.3) is 0 Å². The van der Waals surface area contributed by atoms with E-state index in [0.29, 0.717) is 0 Å². The van der Waals surface area contributed by atoms with Gasteiger partial charge in [-0.15, -0.1) is 0 Å². The quantitative estimate of drug-likeness (QED) is 0.806. The minimum atomic E-state index is -0.185. The van der Waals surface area contributed by atoms with Crippen molar-refractivity contribution in [3.63, 3.8) is 0 Å². The number of hydrogen-bond donors (Lipinski definition) is 2.